The summed E-state index contributed by atoms with van der Waals surface area (Å²) in [4.78, 5) is 13.7. The summed E-state index contributed by atoms with van der Waals surface area (Å²) in [7, 11) is 3.31. The minimum Gasteiger partial charge on any atom is -0.383 e. The number of methoxy groups -OCH3 is 1. The normalized spacial score (nSPS) is 12.5. The molecule has 1 amide bonds. The lowest BCUT2D eigenvalue weighted by Crippen LogP contribution is -2.33. The predicted octanol–water partition coefficient (Wildman–Crippen LogP) is 3.60. The molecule has 0 aliphatic heterocycles. The van der Waals surface area contributed by atoms with Crippen LogP contribution in [0.25, 0.3) is 0 Å². The second-order valence-corrected chi connectivity index (χ2v) is 7.84. The van der Waals surface area contributed by atoms with Crippen molar-refractivity contribution in [3.05, 3.63) is 19.2 Å². The van der Waals surface area contributed by atoms with Crippen LogP contribution in [0.4, 0.5) is 0 Å². The molecule has 0 aromatic carbocycles. The van der Waals surface area contributed by atoms with Crippen molar-refractivity contribution in [1.29, 1.82) is 0 Å². The second-order valence-electron chi connectivity index (χ2n) is 3.48. The van der Waals surface area contributed by atoms with E-state index in [2.05, 4.69) is 31.9 Å². The number of hydrogen-bond acceptors (Lipinski definition) is 3. The Balaban J connectivity index is 2.66. The number of ether oxygens (including phenoxy) is 1. The average molecular weight is 406 g/mol. The van der Waals surface area contributed by atoms with E-state index in [4.69, 9.17) is 16.3 Å². The lowest BCUT2D eigenvalue weighted by molar-refractivity contribution is 0.0781. The van der Waals surface area contributed by atoms with E-state index in [1.54, 1.807) is 25.1 Å². The first-order valence-corrected chi connectivity index (χ1v) is 7.63. The first kappa shape index (κ1) is 15.4. The van der Waals surface area contributed by atoms with Gasteiger partial charge in [-0.1, -0.05) is 0 Å². The molecule has 0 fully saturated rings. The summed E-state index contributed by atoms with van der Waals surface area (Å²) in [6, 6.07) is 1.80. The van der Waals surface area contributed by atoms with Gasteiger partial charge in [0.15, 0.2) is 0 Å². The summed E-state index contributed by atoms with van der Waals surface area (Å²) in [5.74, 6) is -0.0550. The molecular formula is C10H12Br2ClNO2S. The van der Waals surface area contributed by atoms with E-state index in [-0.39, 0.29) is 11.3 Å². The lowest BCUT2D eigenvalue weighted by atomic mass is 10.3. The van der Waals surface area contributed by atoms with Gasteiger partial charge in [-0.05, 0) is 37.9 Å². The van der Waals surface area contributed by atoms with Gasteiger partial charge in [0.2, 0.25) is 0 Å². The van der Waals surface area contributed by atoms with Crippen LogP contribution in [0.5, 0.6) is 0 Å². The molecule has 3 nitrogen and oxygen atoms in total. The molecule has 1 aromatic heterocycles. The molecule has 1 atom stereocenters. The lowest BCUT2D eigenvalue weighted by Gasteiger charge is -2.19. The van der Waals surface area contributed by atoms with Crippen molar-refractivity contribution in [3.8, 4) is 0 Å². The van der Waals surface area contributed by atoms with E-state index in [1.165, 1.54) is 11.3 Å². The molecule has 0 saturated carbocycles. The van der Waals surface area contributed by atoms with Crippen molar-refractivity contribution in [2.45, 2.75) is 5.38 Å². The third kappa shape index (κ3) is 4.52. The van der Waals surface area contributed by atoms with Crippen molar-refractivity contribution >= 4 is 60.7 Å². The zero-order chi connectivity index (χ0) is 13.0. The number of carbonyl (C=O) groups excluding carboxylic acids is 1. The van der Waals surface area contributed by atoms with E-state index >= 15 is 0 Å². The monoisotopic (exact) mass is 403 g/mol. The van der Waals surface area contributed by atoms with Crippen LogP contribution in [0.2, 0.25) is 0 Å². The fourth-order valence-electron chi connectivity index (χ4n) is 1.31. The maximum atomic E-state index is 12.1. The highest BCUT2D eigenvalue weighted by atomic mass is 79.9. The van der Waals surface area contributed by atoms with Gasteiger partial charge >= 0.3 is 0 Å². The van der Waals surface area contributed by atoms with Crippen molar-refractivity contribution in [1.82, 2.24) is 4.90 Å². The van der Waals surface area contributed by atoms with Crippen LogP contribution in [0, 0.1) is 0 Å². The summed E-state index contributed by atoms with van der Waals surface area (Å²) in [6.07, 6.45) is 0. The van der Waals surface area contributed by atoms with Gasteiger partial charge in [-0.2, -0.15) is 0 Å². The van der Waals surface area contributed by atoms with Crippen LogP contribution in [0.3, 0.4) is 0 Å². The quantitative estimate of drug-likeness (QED) is 0.701. The first-order chi connectivity index (χ1) is 7.95. The number of halogens is 3. The number of alkyl halides is 1. The molecular weight excluding hydrogens is 393 g/mol. The maximum absolute atomic E-state index is 12.1. The third-order valence-electron chi connectivity index (χ3n) is 2.05. The van der Waals surface area contributed by atoms with Crippen molar-refractivity contribution in [2.24, 2.45) is 0 Å². The Morgan fingerprint density at radius 3 is 2.76 bits per heavy atom. The molecule has 0 bridgehead atoms. The van der Waals surface area contributed by atoms with Gasteiger partial charge in [0.25, 0.3) is 5.91 Å². The maximum Gasteiger partial charge on any atom is 0.255 e. The number of hydrogen-bond donors (Lipinski definition) is 0. The van der Waals surface area contributed by atoms with Gasteiger partial charge in [0.05, 0.1) is 25.1 Å². The zero-order valence-corrected chi connectivity index (χ0v) is 14.1. The molecule has 7 heteroatoms. The highest BCUT2D eigenvalue weighted by molar-refractivity contribution is 9.12. The standard InChI is InChI=1S/C10H12Br2ClNO2S/c1-14(4-6(13)5-16-2)10(15)7-3-8(11)17-9(7)12/h3,6H,4-5H2,1-2H3. The Hall–Kier alpha value is 0.380. The predicted molar refractivity (Wildman–Crippen MR) is 78.2 cm³/mol. The molecule has 0 radical (unpaired) electrons. The van der Waals surface area contributed by atoms with Crippen LogP contribution in [-0.2, 0) is 4.74 Å². The van der Waals surface area contributed by atoms with E-state index in [1.807, 2.05) is 0 Å². The number of thiophene rings is 1. The largest absolute Gasteiger partial charge is 0.383 e. The van der Waals surface area contributed by atoms with Gasteiger partial charge in [-0.3, -0.25) is 4.79 Å². The topological polar surface area (TPSA) is 29.5 Å². The first-order valence-electron chi connectivity index (χ1n) is 4.79. The molecule has 96 valence electrons. The Labute approximate surface area is 126 Å². The Morgan fingerprint density at radius 1 is 1.65 bits per heavy atom. The second kappa shape index (κ2) is 7.09. The van der Waals surface area contributed by atoms with Crippen LogP contribution in [-0.4, -0.2) is 43.5 Å². The number of rotatable bonds is 5. The van der Waals surface area contributed by atoms with Crippen molar-refractivity contribution < 1.29 is 9.53 Å². The smallest absolute Gasteiger partial charge is 0.255 e. The summed E-state index contributed by atoms with van der Waals surface area (Å²) in [5, 5.41) is -0.199. The van der Waals surface area contributed by atoms with Crippen LogP contribution < -0.4 is 0 Å². The van der Waals surface area contributed by atoms with E-state index in [0.29, 0.717) is 18.7 Å². The third-order valence-corrected chi connectivity index (χ3v) is 4.66. The Bertz CT molecular complexity index is 400. The van der Waals surface area contributed by atoms with Gasteiger partial charge in [0, 0.05) is 20.7 Å². The van der Waals surface area contributed by atoms with Gasteiger partial charge in [-0.25, -0.2) is 0 Å². The summed E-state index contributed by atoms with van der Waals surface area (Å²) >= 11 is 14.2. The number of amides is 1. The van der Waals surface area contributed by atoms with Gasteiger partial charge in [-0.15, -0.1) is 22.9 Å². The molecule has 0 N–H and O–H groups in total. The summed E-state index contributed by atoms with van der Waals surface area (Å²) in [5.41, 5.74) is 0.644. The Kier molecular flexibility index (Phi) is 6.44. The van der Waals surface area contributed by atoms with Crippen molar-refractivity contribution in [3.63, 3.8) is 0 Å². The molecule has 1 rings (SSSR count). The fourth-order valence-corrected chi connectivity index (χ4v) is 4.42. The number of carbonyl (C=O) groups is 1. The van der Waals surface area contributed by atoms with E-state index < -0.39 is 0 Å². The minimum atomic E-state index is -0.199. The number of nitrogens with zero attached hydrogens (tertiary/aromatic N) is 1. The SMILES string of the molecule is COCC(Cl)CN(C)C(=O)c1cc(Br)sc1Br. The van der Waals surface area contributed by atoms with E-state index in [9.17, 15) is 4.79 Å². The molecule has 0 aliphatic carbocycles. The molecule has 0 spiro atoms. The molecule has 0 aliphatic rings. The Morgan fingerprint density at radius 2 is 2.29 bits per heavy atom. The minimum absolute atomic E-state index is 0.0550. The fraction of sp³-hybridized carbons (Fsp3) is 0.500. The molecule has 1 unspecified atom stereocenters. The van der Waals surface area contributed by atoms with Crippen LogP contribution in [0.15, 0.2) is 13.6 Å². The van der Waals surface area contributed by atoms with Gasteiger partial charge < -0.3 is 9.64 Å². The van der Waals surface area contributed by atoms with Crippen LogP contribution in [0.1, 0.15) is 10.4 Å². The average Bonchev–Trinajstić information content (AvgIpc) is 2.56. The molecule has 17 heavy (non-hydrogen) atoms. The van der Waals surface area contributed by atoms with Crippen LogP contribution >= 0.6 is 54.8 Å². The zero-order valence-electron chi connectivity index (χ0n) is 9.37. The summed E-state index contributed by atoms with van der Waals surface area (Å²) in [6.45, 7) is 0.877. The highest BCUT2D eigenvalue weighted by Crippen LogP contribution is 2.32. The van der Waals surface area contributed by atoms with Crippen molar-refractivity contribution in [2.75, 3.05) is 27.3 Å². The van der Waals surface area contributed by atoms with E-state index in [0.717, 1.165) is 7.57 Å². The molecule has 1 heterocycles. The van der Waals surface area contributed by atoms with Gasteiger partial charge in [0.1, 0.15) is 0 Å². The molecule has 0 saturated heterocycles. The highest BCUT2D eigenvalue weighted by Gasteiger charge is 2.19. The molecule has 1 aromatic rings. The summed E-state index contributed by atoms with van der Waals surface area (Å²) < 4.78 is 6.67.